The summed E-state index contributed by atoms with van der Waals surface area (Å²) in [6.07, 6.45) is 1.65. The lowest BCUT2D eigenvalue weighted by molar-refractivity contribution is 0.452. The molecule has 0 aliphatic rings. The molecule has 2 nitrogen and oxygen atoms in total. The van der Waals surface area contributed by atoms with Crippen molar-refractivity contribution in [3.63, 3.8) is 0 Å². The molecule has 1 atom stereocenters. The highest BCUT2D eigenvalue weighted by Gasteiger charge is 1.84. The van der Waals surface area contributed by atoms with Crippen molar-refractivity contribution in [1.82, 2.24) is 0 Å². The van der Waals surface area contributed by atoms with Crippen LogP contribution in [-0.4, -0.2) is 11.3 Å². The Morgan fingerprint density at radius 1 is 1.78 bits per heavy atom. The summed E-state index contributed by atoms with van der Waals surface area (Å²) in [5, 5.41) is 1.45. The summed E-state index contributed by atoms with van der Waals surface area (Å²) in [4.78, 5) is 0. The lowest BCUT2D eigenvalue weighted by atomic mass is 10.4. The number of hydrogen-bond acceptors (Lipinski definition) is 2. The average Bonchev–Trinajstić information content (AvgIpc) is 1.83. The maximum Gasteiger partial charge on any atom is 0.181 e. The van der Waals surface area contributed by atoms with Crippen LogP contribution in [0.25, 0.3) is 0 Å². The summed E-state index contributed by atoms with van der Waals surface area (Å²) in [5.41, 5.74) is 0.861. The zero-order chi connectivity index (χ0) is 7.28. The van der Waals surface area contributed by atoms with Gasteiger partial charge in [0.05, 0.1) is 7.11 Å². The Labute approximate surface area is 57.9 Å². The van der Waals surface area contributed by atoms with Gasteiger partial charge in [0.2, 0.25) is 0 Å². The molecule has 0 fully saturated rings. The number of allylic oxidation sites excluding steroid dienone is 2. The van der Waals surface area contributed by atoms with Crippen LogP contribution in [0.1, 0.15) is 6.92 Å². The molecule has 0 radical (unpaired) electrons. The molecule has 0 aromatic heterocycles. The van der Waals surface area contributed by atoms with E-state index in [1.807, 2.05) is 6.92 Å². The van der Waals surface area contributed by atoms with Gasteiger partial charge in [0.1, 0.15) is 0 Å². The smallest absolute Gasteiger partial charge is 0.181 e. The minimum atomic E-state index is -1.29. The van der Waals surface area contributed by atoms with Crippen molar-refractivity contribution in [3.8, 4) is 0 Å². The lowest BCUT2D eigenvalue weighted by Gasteiger charge is -1.86. The summed E-state index contributed by atoms with van der Waals surface area (Å²) in [6.45, 7) is 5.41. The zero-order valence-electron chi connectivity index (χ0n) is 5.59. The van der Waals surface area contributed by atoms with Crippen LogP contribution >= 0.6 is 0 Å². The van der Waals surface area contributed by atoms with Crippen LogP contribution in [0.15, 0.2) is 23.6 Å². The molecule has 0 saturated carbocycles. The third-order valence-corrected chi connectivity index (χ3v) is 1.31. The van der Waals surface area contributed by atoms with E-state index in [2.05, 4.69) is 10.8 Å². The minimum absolute atomic E-state index is 0.861. The summed E-state index contributed by atoms with van der Waals surface area (Å²) in [7, 11) is 1.39. The Bertz CT molecular complexity index is 149. The topological polar surface area (TPSA) is 26.3 Å². The average molecular weight is 146 g/mol. The van der Waals surface area contributed by atoms with E-state index in [4.69, 9.17) is 0 Å². The third-order valence-electron chi connectivity index (χ3n) is 0.628. The number of rotatable bonds is 3. The van der Waals surface area contributed by atoms with E-state index in [1.54, 1.807) is 6.08 Å². The molecule has 0 aliphatic carbocycles. The molecule has 1 unspecified atom stereocenters. The van der Waals surface area contributed by atoms with Gasteiger partial charge in [-0.05, 0) is 13.0 Å². The summed E-state index contributed by atoms with van der Waals surface area (Å²) < 4.78 is 14.9. The highest BCUT2D eigenvalue weighted by molar-refractivity contribution is 7.83. The van der Waals surface area contributed by atoms with Crippen LogP contribution in [0.2, 0.25) is 0 Å². The molecular formula is C6H10O2S. The van der Waals surface area contributed by atoms with Crippen LogP contribution in [0.3, 0.4) is 0 Å². The first-order chi connectivity index (χ1) is 4.16. The van der Waals surface area contributed by atoms with Gasteiger partial charge in [-0.3, -0.25) is 4.18 Å². The fourth-order valence-corrected chi connectivity index (χ4v) is 0.682. The first kappa shape index (κ1) is 8.59. The standard InChI is InChI=1S/C6H10O2S/c1-6(2)4-5-9(7)8-3/h4-5H,1H2,2-3H3/b5-4+. The molecule has 0 spiro atoms. The lowest BCUT2D eigenvalue weighted by Crippen LogP contribution is -1.84. The predicted molar refractivity (Wildman–Crippen MR) is 39.1 cm³/mol. The molecule has 0 aromatic carbocycles. The first-order valence-corrected chi connectivity index (χ1v) is 3.59. The van der Waals surface area contributed by atoms with Gasteiger partial charge in [0.25, 0.3) is 0 Å². The van der Waals surface area contributed by atoms with E-state index in [0.717, 1.165) is 5.57 Å². The molecule has 0 bridgehead atoms. The normalized spacial score (nSPS) is 14.0. The number of hydrogen-bond donors (Lipinski definition) is 0. The molecule has 0 amide bonds. The highest BCUT2D eigenvalue weighted by atomic mass is 32.2. The largest absolute Gasteiger partial charge is 0.291 e. The maximum atomic E-state index is 10.5. The Kier molecular flexibility index (Phi) is 4.26. The molecule has 0 rings (SSSR count). The van der Waals surface area contributed by atoms with Crippen LogP contribution < -0.4 is 0 Å². The van der Waals surface area contributed by atoms with E-state index < -0.39 is 11.1 Å². The molecule has 9 heavy (non-hydrogen) atoms. The molecule has 0 N–H and O–H groups in total. The maximum absolute atomic E-state index is 10.5. The fourth-order valence-electron chi connectivity index (χ4n) is 0.227. The minimum Gasteiger partial charge on any atom is -0.291 e. The van der Waals surface area contributed by atoms with E-state index in [-0.39, 0.29) is 0 Å². The second kappa shape index (κ2) is 4.47. The van der Waals surface area contributed by atoms with Crippen LogP contribution in [-0.2, 0) is 15.3 Å². The molecule has 52 valence electrons. The molecule has 0 aliphatic heterocycles. The monoisotopic (exact) mass is 146 g/mol. The van der Waals surface area contributed by atoms with Gasteiger partial charge >= 0.3 is 0 Å². The Morgan fingerprint density at radius 3 is 2.67 bits per heavy atom. The molecule has 0 saturated heterocycles. The van der Waals surface area contributed by atoms with Crippen molar-refractivity contribution in [2.45, 2.75) is 6.92 Å². The first-order valence-electron chi connectivity index (χ1n) is 2.45. The molecule has 3 heteroatoms. The Morgan fingerprint density at radius 2 is 2.33 bits per heavy atom. The van der Waals surface area contributed by atoms with Crippen molar-refractivity contribution < 1.29 is 8.39 Å². The quantitative estimate of drug-likeness (QED) is 0.562. The van der Waals surface area contributed by atoms with Gasteiger partial charge in [0, 0.05) is 5.41 Å². The van der Waals surface area contributed by atoms with E-state index in [0.29, 0.717) is 0 Å². The Hall–Kier alpha value is -0.410. The zero-order valence-corrected chi connectivity index (χ0v) is 6.40. The van der Waals surface area contributed by atoms with Gasteiger partial charge in [0.15, 0.2) is 11.1 Å². The second-order valence-electron chi connectivity index (χ2n) is 1.58. The van der Waals surface area contributed by atoms with Crippen molar-refractivity contribution in [1.29, 1.82) is 0 Å². The van der Waals surface area contributed by atoms with Crippen LogP contribution in [0.4, 0.5) is 0 Å². The second-order valence-corrected chi connectivity index (χ2v) is 2.70. The van der Waals surface area contributed by atoms with E-state index in [1.165, 1.54) is 12.5 Å². The van der Waals surface area contributed by atoms with E-state index >= 15 is 0 Å². The molecule has 0 aromatic rings. The van der Waals surface area contributed by atoms with Gasteiger partial charge in [-0.15, -0.1) is 0 Å². The van der Waals surface area contributed by atoms with Gasteiger partial charge < -0.3 is 0 Å². The van der Waals surface area contributed by atoms with E-state index in [9.17, 15) is 4.21 Å². The van der Waals surface area contributed by atoms with Crippen molar-refractivity contribution in [2.75, 3.05) is 7.11 Å². The predicted octanol–water partition coefficient (Wildman–Crippen LogP) is 1.39. The van der Waals surface area contributed by atoms with Crippen molar-refractivity contribution in [3.05, 3.63) is 23.6 Å². The summed E-state index contributed by atoms with van der Waals surface area (Å²) >= 11 is -1.29. The molecule has 0 heterocycles. The van der Waals surface area contributed by atoms with Crippen molar-refractivity contribution >= 4 is 11.1 Å². The van der Waals surface area contributed by atoms with Crippen molar-refractivity contribution in [2.24, 2.45) is 0 Å². The summed E-state index contributed by atoms with van der Waals surface area (Å²) in [5.74, 6) is 0. The van der Waals surface area contributed by atoms with Crippen LogP contribution in [0.5, 0.6) is 0 Å². The fraction of sp³-hybridized carbons (Fsp3) is 0.333. The van der Waals surface area contributed by atoms with Gasteiger partial charge in [-0.1, -0.05) is 12.2 Å². The SMILES string of the molecule is C=C(C)/C=C/S(=O)OC. The van der Waals surface area contributed by atoms with Gasteiger partial charge in [-0.25, -0.2) is 4.21 Å². The van der Waals surface area contributed by atoms with Crippen LogP contribution in [0, 0.1) is 0 Å². The highest BCUT2D eigenvalue weighted by Crippen LogP contribution is 1.91. The summed E-state index contributed by atoms with van der Waals surface area (Å²) in [6, 6.07) is 0. The molecular weight excluding hydrogens is 136 g/mol. The Balaban J connectivity index is 3.71. The third kappa shape index (κ3) is 5.46. The van der Waals surface area contributed by atoms with Gasteiger partial charge in [-0.2, -0.15) is 0 Å².